The van der Waals surface area contributed by atoms with Gasteiger partial charge in [-0.05, 0) is 18.6 Å². The molecule has 0 radical (unpaired) electrons. The van der Waals surface area contributed by atoms with Gasteiger partial charge in [0.25, 0.3) is 5.91 Å². The zero-order valence-electron chi connectivity index (χ0n) is 9.03. The van der Waals surface area contributed by atoms with Crippen molar-refractivity contribution in [2.24, 2.45) is 0 Å². The van der Waals surface area contributed by atoms with Crippen molar-refractivity contribution in [3.05, 3.63) is 34.9 Å². The van der Waals surface area contributed by atoms with E-state index in [1.165, 1.54) is 12.2 Å². The Balaban J connectivity index is 2.90. The van der Waals surface area contributed by atoms with Crippen LogP contribution in [0.5, 0.6) is 0 Å². The molecule has 0 bridgehead atoms. The predicted molar refractivity (Wildman–Crippen MR) is 59.6 cm³/mol. The summed E-state index contributed by atoms with van der Waals surface area (Å²) in [5.41, 5.74) is 0.813. The molecule has 1 amide bonds. The van der Waals surface area contributed by atoms with Crippen molar-refractivity contribution in [1.29, 1.82) is 0 Å². The van der Waals surface area contributed by atoms with Crippen LogP contribution in [0.25, 0.3) is 0 Å². The van der Waals surface area contributed by atoms with Gasteiger partial charge in [-0.2, -0.15) is 0 Å². The summed E-state index contributed by atoms with van der Waals surface area (Å²) in [7, 11) is 3.03. The van der Waals surface area contributed by atoms with E-state index in [-0.39, 0.29) is 11.8 Å². The van der Waals surface area contributed by atoms with Gasteiger partial charge in [-0.25, -0.2) is 5.06 Å². The number of likely N-dealkylation sites (N-methyl/N-ethyl adjacent to an activating group) is 1. The Morgan fingerprint density at radius 2 is 2.07 bits per heavy atom. The van der Waals surface area contributed by atoms with E-state index >= 15 is 0 Å². The molecule has 1 aromatic carbocycles. The molecule has 0 saturated carbocycles. The predicted octanol–water partition coefficient (Wildman–Crippen LogP) is 2.46. The molecule has 0 saturated heterocycles. The van der Waals surface area contributed by atoms with Gasteiger partial charge in [0.1, 0.15) is 0 Å². The summed E-state index contributed by atoms with van der Waals surface area (Å²) in [5.74, 6) is -0.422. The number of halogens is 1. The molecule has 0 fully saturated rings. The Bertz CT molecular complexity index is 354. The van der Waals surface area contributed by atoms with Gasteiger partial charge in [-0.3, -0.25) is 9.63 Å². The largest absolute Gasteiger partial charge is 0.275 e. The molecule has 0 aliphatic rings. The van der Waals surface area contributed by atoms with Gasteiger partial charge < -0.3 is 0 Å². The zero-order chi connectivity index (χ0) is 11.4. The van der Waals surface area contributed by atoms with Crippen LogP contribution in [-0.2, 0) is 9.63 Å². The molecular weight excluding hydrogens is 214 g/mol. The lowest BCUT2D eigenvalue weighted by molar-refractivity contribution is -0.170. The van der Waals surface area contributed by atoms with Crippen LogP contribution in [0.2, 0.25) is 5.02 Å². The highest BCUT2D eigenvalue weighted by Gasteiger charge is 2.20. The van der Waals surface area contributed by atoms with Crippen LogP contribution >= 0.6 is 11.6 Å². The molecule has 0 spiro atoms. The van der Waals surface area contributed by atoms with Crippen molar-refractivity contribution in [2.45, 2.75) is 12.8 Å². The van der Waals surface area contributed by atoms with Crippen LogP contribution in [0, 0.1) is 0 Å². The van der Waals surface area contributed by atoms with Crippen LogP contribution in [0.15, 0.2) is 24.3 Å². The lowest BCUT2D eigenvalue weighted by Gasteiger charge is -2.19. The first-order valence-corrected chi connectivity index (χ1v) is 5.01. The molecule has 15 heavy (non-hydrogen) atoms. The molecule has 0 aromatic heterocycles. The lowest BCUT2D eigenvalue weighted by Crippen LogP contribution is -2.29. The summed E-state index contributed by atoms with van der Waals surface area (Å²) in [6, 6.07) is 7.31. The van der Waals surface area contributed by atoms with E-state index in [0.29, 0.717) is 5.02 Å². The van der Waals surface area contributed by atoms with E-state index < -0.39 is 0 Å². The highest BCUT2D eigenvalue weighted by Crippen LogP contribution is 2.25. The van der Waals surface area contributed by atoms with Gasteiger partial charge in [-0.15, -0.1) is 0 Å². The minimum Gasteiger partial charge on any atom is -0.275 e. The third-order valence-corrected chi connectivity index (χ3v) is 2.67. The maximum absolute atomic E-state index is 11.8. The molecule has 0 aliphatic carbocycles. The van der Waals surface area contributed by atoms with Crippen molar-refractivity contribution in [3.8, 4) is 0 Å². The fraction of sp³-hybridized carbons (Fsp3) is 0.364. The molecule has 3 nitrogen and oxygen atoms in total. The summed E-state index contributed by atoms with van der Waals surface area (Å²) >= 11 is 6.00. The number of rotatable bonds is 3. The van der Waals surface area contributed by atoms with Crippen LogP contribution in [0.3, 0.4) is 0 Å². The Labute approximate surface area is 94.5 Å². The number of hydrogen-bond acceptors (Lipinski definition) is 2. The van der Waals surface area contributed by atoms with E-state index in [9.17, 15) is 4.79 Å². The molecule has 0 aliphatic heterocycles. The number of amides is 1. The fourth-order valence-electron chi connectivity index (χ4n) is 1.32. The van der Waals surface area contributed by atoms with Crippen LogP contribution < -0.4 is 0 Å². The quantitative estimate of drug-likeness (QED) is 0.743. The number of hydrogen-bond donors (Lipinski definition) is 0. The average Bonchev–Trinajstić information content (AvgIpc) is 2.26. The van der Waals surface area contributed by atoms with Gasteiger partial charge in [0.2, 0.25) is 0 Å². The van der Waals surface area contributed by atoms with Crippen molar-refractivity contribution < 1.29 is 9.63 Å². The first-order chi connectivity index (χ1) is 7.07. The lowest BCUT2D eigenvalue weighted by atomic mass is 10.0. The third-order valence-electron chi connectivity index (χ3n) is 2.33. The Hall–Kier alpha value is -1.06. The SMILES string of the molecule is CON(C)C(=O)C(C)c1ccccc1Cl. The van der Waals surface area contributed by atoms with E-state index in [1.807, 2.05) is 18.2 Å². The number of nitrogens with zero attached hydrogens (tertiary/aromatic N) is 1. The van der Waals surface area contributed by atoms with Gasteiger partial charge in [0, 0.05) is 12.1 Å². The van der Waals surface area contributed by atoms with Crippen molar-refractivity contribution in [1.82, 2.24) is 5.06 Å². The van der Waals surface area contributed by atoms with Gasteiger partial charge in [-0.1, -0.05) is 29.8 Å². The molecule has 0 N–H and O–H groups in total. The molecule has 0 heterocycles. The van der Waals surface area contributed by atoms with E-state index in [4.69, 9.17) is 16.4 Å². The Morgan fingerprint density at radius 3 is 2.60 bits per heavy atom. The minimum atomic E-state index is -0.302. The summed E-state index contributed by atoms with van der Waals surface area (Å²) < 4.78 is 0. The average molecular weight is 228 g/mol. The number of hydroxylamine groups is 2. The molecule has 1 atom stereocenters. The molecule has 4 heteroatoms. The van der Waals surface area contributed by atoms with Crippen molar-refractivity contribution >= 4 is 17.5 Å². The summed E-state index contributed by atoms with van der Waals surface area (Å²) in [6.45, 7) is 1.80. The Morgan fingerprint density at radius 1 is 1.47 bits per heavy atom. The van der Waals surface area contributed by atoms with Crippen LogP contribution in [-0.4, -0.2) is 25.1 Å². The van der Waals surface area contributed by atoms with Gasteiger partial charge in [0.05, 0.1) is 13.0 Å². The Kier molecular flexibility index (Phi) is 4.12. The van der Waals surface area contributed by atoms with Crippen molar-refractivity contribution in [3.63, 3.8) is 0 Å². The highest BCUT2D eigenvalue weighted by atomic mass is 35.5. The molecule has 1 aromatic rings. The summed E-state index contributed by atoms with van der Waals surface area (Å²) in [6.07, 6.45) is 0. The fourth-order valence-corrected chi connectivity index (χ4v) is 1.62. The van der Waals surface area contributed by atoms with Crippen LogP contribution in [0.4, 0.5) is 0 Å². The highest BCUT2D eigenvalue weighted by molar-refractivity contribution is 6.31. The topological polar surface area (TPSA) is 29.5 Å². The molecule has 1 rings (SSSR count). The smallest absolute Gasteiger partial charge is 0.253 e. The first kappa shape index (κ1) is 12.0. The number of benzene rings is 1. The maximum atomic E-state index is 11.8. The molecule has 82 valence electrons. The van der Waals surface area contributed by atoms with E-state index in [2.05, 4.69) is 0 Å². The van der Waals surface area contributed by atoms with Crippen LogP contribution in [0.1, 0.15) is 18.4 Å². The monoisotopic (exact) mass is 227 g/mol. The van der Waals surface area contributed by atoms with Gasteiger partial charge in [0.15, 0.2) is 0 Å². The minimum absolute atomic E-state index is 0.120. The standard InChI is InChI=1S/C11H14ClNO2/c1-8(11(14)13(2)15-3)9-6-4-5-7-10(9)12/h4-8H,1-3H3. The van der Waals surface area contributed by atoms with Crippen molar-refractivity contribution in [2.75, 3.05) is 14.2 Å². The van der Waals surface area contributed by atoms with E-state index in [0.717, 1.165) is 5.56 Å². The number of carbonyl (C=O) groups is 1. The first-order valence-electron chi connectivity index (χ1n) is 4.64. The maximum Gasteiger partial charge on any atom is 0.253 e. The zero-order valence-corrected chi connectivity index (χ0v) is 9.78. The van der Waals surface area contributed by atoms with Gasteiger partial charge >= 0.3 is 0 Å². The number of carbonyl (C=O) groups excluding carboxylic acids is 1. The third kappa shape index (κ3) is 2.70. The second-order valence-electron chi connectivity index (χ2n) is 3.26. The summed E-state index contributed by atoms with van der Waals surface area (Å²) in [4.78, 5) is 16.6. The second kappa shape index (κ2) is 5.14. The molecule has 1 unspecified atom stereocenters. The van der Waals surface area contributed by atoms with E-state index in [1.54, 1.807) is 20.0 Å². The second-order valence-corrected chi connectivity index (χ2v) is 3.67. The molecular formula is C11H14ClNO2. The summed E-state index contributed by atoms with van der Waals surface area (Å²) in [5, 5.41) is 1.80. The normalized spacial score (nSPS) is 12.3.